The molecule has 14 rings (SSSR count). The Kier molecular flexibility index (Phi) is 11.2. The van der Waals surface area contributed by atoms with Crippen LogP contribution in [-0.4, -0.2) is 36.7 Å². The fourth-order valence-electron chi connectivity index (χ4n) is 12.6. The van der Waals surface area contributed by atoms with Crippen LogP contribution in [0, 0.1) is 49.4 Å². The van der Waals surface area contributed by atoms with Crippen molar-refractivity contribution in [2.75, 3.05) is 22.9 Å². The van der Waals surface area contributed by atoms with Crippen molar-refractivity contribution < 1.29 is 19.2 Å². The third-order valence-corrected chi connectivity index (χ3v) is 16.3. The lowest BCUT2D eigenvalue weighted by molar-refractivity contribution is 0.0837. The molecule has 4 aliphatic heterocycles. The summed E-state index contributed by atoms with van der Waals surface area (Å²) in [6.07, 6.45) is 4.73. The predicted octanol–water partition coefficient (Wildman–Crippen LogP) is 13.7. The highest BCUT2D eigenvalue weighted by Gasteiger charge is 2.38. The number of nitrogens with one attached hydrogen (secondary N) is 1. The molecule has 4 amide bonds. The van der Waals surface area contributed by atoms with E-state index >= 15 is 0 Å². The largest absolute Gasteiger partial charge is 0.371 e. The maximum absolute atomic E-state index is 13.8. The first-order valence-electron chi connectivity index (χ1n) is 26.8. The zero-order valence-electron chi connectivity index (χ0n) is 43.4. The normalized spacial score (nSPS) is 14.0. The number of imide groups is 2. The van der Waals surface area contributed by atoms with Crippen LogP contribution in [0.2, 0.25) is 0 Å². The van der Waals surface area contributed by atoms with Crippen LogP contribution in [0.15, 0.2) is 170 Å². The molecule has 10 aromatic carbocycles. The molecule has 4 aliphatic rings. The van der Waals surface area contributed by atoms with Gasteiger partial charge in [0.15, 0.2) is 0 Å². The smallest absolute Gasteiger partial charge is 0.265 e. The summed E-state index contributed by atoms with van der Waals surface area (Å²) < 4.78 is 0. The van der Waals surface area contributed by atoms with Gasteiger partial charge in [0.25, 0.3) is 23.6 Å². The first-order chi connectivity index (χ1) is 38.7. The van der Waals surface area contributed by atoms with E-state index < -0.39 is 23.6 Å². The molecular weight excluding hydrogens is 971 g/mol. The maximum Gasteiger partial charge on any atom is 0.265 e. The Morgan fingerprint density at radius 2 is 0.747 bits per heavy atom. The number of fused-ring (bicyclic) bond motifs is 2. The lowest BCUT2D eigenvalue weighted by Crippen LogP contribution is -2.42. The van der Waals surface area contributed by atoms with Crippen LogP contribution in [0.5, 0.6) is 0 Å². The zero-order chi connectivity index (χ0) is 53.5. The minimum atomic E-state index is -0.559. The van der Waals surface area contributed by atoms with E-state index in [9.17, 15) is 19.2 Å². The third kappa shape index (κ3) is 7.88. The van der Waals surface area contributed by atoms with Crippen LogP contribution in [0.25, 0.3) is 54.6 Å². The molecule has 374 valence electrons. The van der Waals surface area contributed by atoms with E-state index in [-0.39, 0.29) is 22.3 Å². The minimum absolute atomic E-state index is 0.249. The van der Waals surface area contributed by atoms with E-state index in [4.69, 9.17) is 0 Å². The van der Waals surface area contributed by atoms with E-state index in [0.29, 0.717) is 22.0 Å². The highest BCUT2D eigenvalue weighted by atomic mass is 16.2. The Morgan fingerprint density at radius 1 is 0.392 bits per heavy atom. The van der Waals surface area contributed by atoms with Gasteiger partial charge in [-0.2, -0.15) is 0 Å². The van der Waals surface area contributed by atoms with Crippen molar-refractivity contribution in [3.05, 3.63) is 248 Å². The molecule has 1 N–H and O–H groups in total. The number of carbonyl (C=O) groups excluding carboxylic acids is 4. The maximum atomic E-state index is 13.8. The Bertz CT molecular complexity index is 4390. The third-order valence-electron chi connectivity index (χ3n) is 16.3. The van der Waals surface area contributed by atoms with Crippen LogP contribution in [0.4, 0.5) is 11.4 Å². The van der Waals surface area contributed by atoms with Gasteiger partial charge in [0.05, 0.1) is 5.69 Å². The second-order valence-electron chi connectivity index (χ2n) is 20.8. The fourth-order valence-corrected chi connectivity index (χ4v) is 12.6. The Morgan fingerprint density at radius 3 is 1.16 bits per heavy atom. The summed E-state index contributed by atoms with van der Waals surface area (Å²) in [5.74, 6) is 17.5. The number of hydrogen-bond donors (Lipinski definition) is 1. The second-order valence-corrected chi connectivity index (χ2v) is 20.8. The molecule has 0 aromatic heterocycles. The lowest BCUT2D eigenvalue weighted by atomic mass is 9.78. The van der Waals surface area contributed by atoms with Crippen molar-refractivity contribution in [2.45, 2.75) is 39.5 Å². The number of anilines is 2. The van der Waals surface area contributed by atoms with Gasteiger partial charge in [-0.3, -0.25) is 24.5 Å². The highest BCUT2D eigenvalue weighted by Crippen LogP contribution is 2.50. The second kappa shape index (κ2) is 18.8. The molecule has 0 spiro atoms. The van der Waals surface area contributed by atoms with Crippen LogP contribution < -0.4 is 15.1 Å². The highest BCUT2D eigenvalue weighted by molar-refractivity contribution is 6.39. The van der Waals surface area contributed by atoms with Gasteiger partial charge < -0.3 is 4.90 Å². The van der Waals surface area contributed by atoms with E-state index in [1.807, 2.05) is 48.5 Å². The lowest BCUT2D eigenvalue weighted by Gasteiger charge is -2.39. The van der Waals surface area contributed by atoms with Crippen molar-refractivity contribution in [2.24, 2.45) is 0 Å². The van der Waals surface area contributed by atoms with Crippen LogP contribution in [-0.2, 0) is 12.8 Å². The van der Waals surface area contributed by atoms with Gasteiger partial charge in [0.1, 0.15) is 0 Å². The van der Waals surface area contributed by atoms with E-state index in [0.717, 1.165) is 45.6 Å². The molecule has 0 bridgehead atoms. The number of rotatable bonds is 3. The summed E-state index contributed by atoms with van der Waals surface area (Å²) in [7, 11) is 0. The number of hydrogen-bond acceptors (Lipinski definition) is 5. The van der Waals surface area contributed by atoms with Gasteiger partial charge in [0.2, 0.25) is 0 Å². The van der Waals surface area contributed by atoms with Gasteiger partial charge in [-0.05, 0) is 215 Å². The first-order valence-corrected chi connectivity index (χ1v) is 26.8. The van der Waals surface area contributed by atoms with Crippen LogP contribution in [0.1, 0.15) is 110 Å². The molecule has 10 aromatic rings. The van der Waals surface area contributed by atoms with E-state index in [1.54, 1.807) is 35.4 Å². The summed E-state index contributed by atoms with van der Waals surface area (Å²) in [5.41, 5.74) is 19.2. The molecule has 0 radical (unpaired) electrons. The molecule has 0 fully saturated rings. The number of benzene rings is 10. The van der Waals surface area contributed by atoms with Crippen molar-refractivity contribution in [1.82, 2.24) is 5.32 Å². The minimum Gasteiger partial charge on any atom is -0.371 e. The van der Waals surface area contributed by atoms with E-state index in [2.05, 4.69) is 132 Å². The molecule has 0 saturated carbocycles. The predicted molar refractivity (Wildman–Crippen MR) is 315 cm³/mol. The molecule has 4 heterocycles. The van der Waals surface area contributed by atoms with Crippen molar-refractivity contribution in [3.63, 3.8) is 0 Å². The summed E-state index contributed by atoms with van der Waals surface area (Å²) in [6, 6.07) is 55.4. The number of carbonyl (C=O) groups is 4. The summed E-state index contributed by atoms with van der Waals surface area (Å²) >= 11 is 0. The molecule has 0 unspecified atom stereocenters. The first kappa shape index (κ1) is 47.2. The monoisotopic (exact) mass is 1020 g/mol. The van der Waals surface area contributed by atoms with Gasteiger partial charge in [0, 0.05) is 85.2 Å². The molecule has 0 atom stereocenters. The molecule has 79 heavy (non-hydrogen) atoms. The average Bonchev–Trinajstić information content (AvgIpc) is 3.63. The van der Waals surface area contributed by atoms with Gasteiger partial charge in [-0.25, -0.2) is 4.90 Å². The standard InChI is InChI=1S/C72H47N3O4/c1-43-53-13-7-41-74-42-8-14-54(68(53)74)44(2)63(43)65-57-11-5-3-9-55(57)64(56-10-4-6-12-58(56)65)51-33-29-49(30-34-51)27-25-47-21-17-45(18-22-47)15-16-46-19-23-48(24-20-46)26-28-50-31-35-52(36-32-50)75-71(78)61-39-37-59-66-60(70(77)73-69(59)76)38-40-62(67(61)66)72(75)79/h3-6,9-12,17-24,29-40H,7-8,13-14,41-42H2,1-2H3,(H,73,76,77). The average molecular weight is 1020 g/mol. The topological polar surface area (TPSA) is 86.8 Å². The van der Waals surface area contributed by atoms with E-state index in [1.165, 1.54) is 111 Å². The number of amides is 4. The van der Waals surface area contributed by atoms with Crippen molar-refractivity contribution in [1.29, 1.82) is 0 Å². The van der Waals surface area contributed by atoms with Crippen LogP contribution >= 0.6 is 0 Å². The Hall–Kier alpha value is -10.3. The molecule has 0 saturated heterocycles. The zero-order valence-corrected chi connectivity index (χ0v) is 43.4. The fraction of sp³-hybridized carbons (Fsp3) is 0.111. The Balaban J connectivity index is 0.654. The summed E-state index contributed by atoms with van der Waals surface area (Å²) in [6.45, 7) is 7.10. The quantitative estimate of drug-likeness (QED) is 0.108. The number of nitrogens with zero attached hydrogens (tertiary/aromatic N) is 2. The van der Waals surface area contributed by atoms with Crippen LogP contribution in [0.3, 0.4) is 0 Å². The summed E-state index contributed by atoms with van der Waals surface area (Å²) in [4.78, 5) is 56.5. The SMILES string of the molecule is Cc1c2c3c(c(C)c1-c1c4ccccc4c(-c4ccc(C#Cc5ccc(C#Cc6ccc(C#Cc7ccc(N8C(=O)c9ccc%10c%11c(ccc(c9%11)C8=O)C(=O)NC%10=O)cc7)cc6)cc5)cc4)c4ccccc14)CCCN3CCC2. The van der Waals surface area contributed by atoms with Gasteiger partial charge in [-0.15, -0.1) is 0 Å². The van der Waals surface area contributed by atoms with Gasteiger partial charge >= 0.3 is 0 Å². The molecule has 7 heteroatoms. The molecular formula is C72H47N3O4. The van der Waals surface area contributed by atoms with Crippen molar-refractivity contribution >= 4 is 67.3 Å². The summed E-state index contributed by atoms with van der Waals surface area (Å²) in [5, 5.41) is 8.09. The molecule has 0 aliphatic carbocycles. The Labute approximate surface area is 457 Å². The van der Waals surface area contributed by atoms with Crippen molar-refractivity contribution in [3.8, 4) is 57.8 Å². The molecule has 7 nitrogen and oxygen atoms in total. The van der Waals surface area contributed by atoms with Gasteiger partial charge in [-0.1, -0.05) is 96.2 Å².